The number of benzene rings is 1. The van der Waals surface area contributed by atoms with Crippen LogP contribution in [0.25, 0.3) is 0 Å². The molecule has 0 bridgehead atoms. The first-order chi connectivity index (χ1) is 9.81. The first-order valence-electron chi connectivity index (χ1n) is 6.95. The third kappa shape index (κ3) is 3.95. The van der Waals surface area contributed by atoms with Crippen molar-refractivity contribution in [1.29, 1.82) is 0 Å². The molecule has 6 nitrogen and oxygen atoms in total. The fraction of sp³-hybridized carbons (Fsp3) is 0.500. The number of carbonyl (C=O) groups is 1. The maximum absolute atomic E-state index is 12.2. The van der Waals surface area contributed by atoms with Gasteiger partial charge < -0.3 is 11.1 Å². The zero-order chi connectivity index (χ0) is 15.6. The van der Waals surface area contributed by atoms with Crippen molar-refractivity contribution >= 4 is 21.6 Å². The molecule has 1 amide bonds. The number of sulfonamides is 1. The lowest BCUT2D eigenvalue weighted by atomic mass is 10.1. The van der Waals surface area contributed by atoms with Gasteiger partial charge in [0.2, 0.25) is 15.9 Å². The molecule has 0 atom stereocenters. The van der Waals surface area contributed by atoms with Gasteiger partial charge in [-0.15, -0.1) is 0 Å². The van der Waals surface area contributed by atoms with Crippen molar-refractivity contribution in [3.8, 4) is 0 Å². The zero-order valence-corrected chi connectivity index (χ0v) is 13.1. The molecule has 7 heteroatoms. The molecule has 21 heavy (non-hydrogen) atoms. The molecule has 1 fully saturated rings. The second-order valence-electron chi connectivity index (χ2n) is 5.44. The summed E-state index contributed by atoms with van der Waals surface area (Å²) < 4.78 is 26.9. The van der Waals surface area contributed by atoms with E-state index >= 15 is 0 Å². The molecule has 4 N–H and O–H groups in total. The minimum atomic E-state index is -3.66. The molecule has 1 saturated carbocycles. The summed E-state index contributed by atoms with van der Waals surface area (Å²) in [4.78, 5) is 11.5. The van der Waals surface area contributed by atoms with Crippen LogP contribution in [0.1, 0.15) is 24.0 Å². The molecule has 0 saturated heterocycles. The van der Waals surface area contributed by atoms with Crippen LogP contribution in [0.3, 0.4) is 0 Å². The SMILES string of the molecule is Cc1cc(N)c(S(=O)(=O)NCCNC(=O)C2CC2)cc1C. The molecule has 0 unspecified atom stereocenters. The van der Waals surface area contributed by atoms with Gasteiger partial charge in [0.15, 0.2) is 0 Å². The van der Waals surface area contributed by atoms with Crippen LogP contribution in [0, 0.1) is 19.8 Å². The molecular formula is C14H21N3O3S. The second kappa shape index (κ2) is 6.03. The number of carbonyl (C=O) groups excluding carboxylic acids is 1. The highest BCUT2D eigenvalue weighted by Crippen LogP contribution is 2.28. The number of rotatable bonds is 6. The van der Waals surface area contributed by atoms with E-state index in [1.807, 2.05) is 13.8 Å². The average molecular weight is 311 g/mol. The van der Waals surface area contributed by atoms with Crippen LogP contribution in [0.15, 0.2) is 17.0 Å². The van der Waals surface area contributed by atoms with E-state index in [1.54, 1.807) is 12.1 Å². The highest BCUT2D eigenvalue weighted by Gasteiger charge is 2.29. The molecule has 0 radical (unpaired) electrons. The van der Waals surface area contributed by atoms with E-state index in [9.17, 15) is 13.2 Å². The summed E-state index contributed by atoms with van der Waals surface area (Å²) >= 11 is 0. The third-order valence-corrected chi connectivity index (χ3v) is 5.10. The topological polar surface area (TPSA) is 101 Å². The van der Waals surface area contributed by atoms with Crippen LogP contribution in [0.4, 0.5) is 5.69 Å². The average Bonchev–Trinajstić information content (AvgIpc) is 3.23. The lowest BCUT2D eigenvalue weighted by Crippen LogP contribution is -2.35. The maximum Gasteiger partial charge on any atom is 0.242 e. The van der Waals surface area contributed by atoms with Gasteiger partial charge in [0.05, 0.1) is 5.69 Å². The number of nitrogens with one attached hydrogen (secondary N) is 2. The van der Waals surface area contributed by atoms with Crippen LogP contribution in [0.5, 0.6) is 0 Å². The van der Waals surface area contributed by atoms with Gasteiger partial charge in [0.25, 0.3) is 0 Å². The van der Waals surface area contributed by atoms with E-state index in [1.165, 1.54) is 0 Å². The summed E-state index contributed by atoms with van der Waals surface area (Å²) in [6.07, 6.45) is 1.85. The molecular weight excluding hydrogens is 290 g/mol. The third-order valence-electron chi connectivity index (χ3n) is 3.58. The predicted octanol–water partition coefficient (Wildman–Crippen LogP) is 0.690. The Balaban J connectivity index is 1.95. The summed E-state index contributed by atoms with van der Waals surface area (Å²) in [6.45, 7) is 4.14. The molecule has 1 aliphatic carbocycles. The number of aryl methyl sites for hydroxylation is 2. The normalized spacial score (nSPS) is 15.0. The quantitative estimate of drug-likeness (QED) is 0.531. The van der Waals surface area contributed by atoms with Gasteiger partial charge in [0, 0.05) is 19.0 Å². The molecule has 1 aromatic carbocycles. The Morgan fingerprint density at radius 2 is 1.86 bits per heavy atom. The number of nitrogens with two attached hydrogens (primary N) is 1. The standard InChI is InChI=1S/C14H21N3O3S/c1-9-7-12(15)13(8-10(9)2)21(19,20)17-6-5-16-14(18)11-3-4-11/h7-8,11,17H,3-6,15H2,1-2H3,(H,16,18). The Labute approximate surface area is 125 Å². The minimum absolute atomic E-state index is 0.0000998. The largest absolute Gasteiger partial charge is 0.398 e. The lowest BCUT2D eigenvalue weighted by Gasteiger charge is -2.12. The summed E-state index contributed by atoms with van der Waals surface area (Å²) in [5, 5.41) is 2.71. The van der Waals surface area contributed by atoms with Gasteiger partial charge >= 0.3 is 0 Å². The molecule has 0 spiro atoms. The fourth-order valence-electron chi connectivity index (χ4n) is 1.98. The van der Waals surface area contributed by atoms with Crippen molar-refractivity contribution in [2.75, 3.05) is 18.8 Å². The molecule has 1 aromatic rings. The maximum atomic E-state index is 12.2. The number of hydrogen-bond acceptors (Lipinski definition) is 4. The van der Waals surface area contributed by atoms with Crippen LogP contribution in [-0.4, -0.2) is 27.4 Å². The highest BCUT2D eigenvalue weighted by atomic mass is 32.2. The van der Waals surface area contributed by atoms with Gasteiger partial charge in [0.1, 0.15) is 4.90 Å². The molecule has 116 valence electrons. The monoisotopic (exact) mass is 311 g/mol. The Hall–Kier alpha value is -1.60. The Morgan fingerprint density at radius 3 is 2.48 bits per heavy atom. The summed E-state index contributed by atoms with van der Waals surface area (Å²) in [6, 6.07) is 3.22. The van der Waals surface area contributed by atoms with Crippen LogP contribution < -0.4 is 15.8 Å². The molecule has 2 rings (SSSR count). The molecule has 0 aliphatic heterocycles. The number of nitrogen functional groups attached to an aromatic ring is 1. The van der Waals surface area contributed by atoms with Crippen molar-refractivity contribution < 1.29 is 13.2 Å². The Morgan fingerprint density at radius 1 is 1.24 bits per heavy atom. The van der Waals surface area contributed by atoms with Crippen molar-refractivity contribution in [1.82, 2.24) is 10.0 Å². The van der Waals surface area contributed by atoms with Crippen LogP contribution in [0.2, 0.25) is 0 Å². The zero-order valence-electron chi connectivity index (χ0n) is 12.3. The van der Waals surface area contributed by atoms with Crippen molar-refractivity contribution in [3.05, 3.63) is 23.3 Å². The number of hydrogen-bond donors (Lipinski definition) is 3. The molecule has 0 aromatic heterocycles. The van der Waals surface area contributed by atoms with E-state index in [4.69, 9.17) is 5.73 Å². The lowest BCUT2D eigenvalue weighted by molar-refractivity contribution is -0.122. The van der Waals surface area contributed by atoms with Gasteiger partial charge in [-0.1, -0.05) is 0 Å². The fourth-order valence-corrected chi connectivity index (χ4v) is 3.21. The number of amides is 1. The van der Waals surface area contributed by atoms with Crippen LogP contribution >= 0.6 is 0 Å². The Bertz CT molecular complexity index is 652. The highest BCUT2D eigenvalue weighted by molar-refractivity contribution is 7.89. The van der Waals surface area contributed by atoms with E-state index in [0.29, 0.717) is 0 Å². The smallest absolute Gasteiger partial charge is 0.242 e. The van der Waals surface area contributed by atoms with E-state index in [0.717, 1.165) is 24.0 Å². The van der Waals surface area contributed by atoms with Crippen molar-refractivity contribution in [2.24, 2.45) is 5.92 Å². The van der Waals surface area contributed by atoms with Crippen molar-refractivity contribution in [2.45, 2.75) is 31.6 Å². The first-order valence-corrected chi connectivity index (χ1v) is 8.43. The number of anilines is 1. The first kappa shape index (κ1) is 15.8. The Kier molecular flexibility index (Phi) is 4.53. The van der Waals surface area contributed by atoms with Crippen LogP contribution in [-0.2, 0) is 14.8 Å². The van der Waals surface area contributed by atoms with Gasteiger partial charge in [-0.3, -0.25) is 4.79 Å². The van der Waals surface area contributed by atoms with Gasteiger partial charge in [-0.2, -0.15) is 0 Å². The van der Waals surface area contributed by atoms with E-state index in [-0.39, 0.29) is 35.5 Å². The van der Waals surface area contributed by atoms with Crippen molar-refractivity contribution in [3.63, 3.8) is 0 Å². The molecule has 1 aliphatic rings. The minimum Gasteiger partial charge on any atom is -0.398 e. The predicted molar refractivity (Wildman–Crippen MR) is 81.3 cm³/mol. The van der Waals surface area contributed by atoms with Gasteiger partial charge in [-0.05, 0) is 49.9 Å². The van der Waals surface area contributed by atoms with Gasteiger partial charge in [-0.25, -0.2) is 13.1 Å². The molecule has 0 heterocycles. The second-order valence-corrected chi connectivity index (χ2v) is 7.17. The summed E-state index contributed by atoms with van der Waals surface area (Å²) in [7, 11) is -3.66. The van der Waals surface area contributed by atoms with E-state index in [2.05, 4.69) is 10.0 Å². The summed E-state index contributed by atoms with van der Waals surface area (Å²) in [5.74, 6) is 0.122. The summed E-state index contributed by atoms with van der Waals surface area (Å²) in [5.41, 5.74) is 7.83. The van der Waals surface area contributed by atoms with E-state index < -0.39 is 10.0 Å².